The number of nitrogens with one attached hydrogen (secondary N) is 1. The van der Waals surface area contributed by atoms with Crippen molar-refractivity contribution in [3.63, 3.8) is 0 Å². The number of alkyl halides is 3. The van der Waals surface area contributed by atoms with Crippen LogP contribution in [0.25, 0.3) is 22.3 Å². The van der Waals surface area contributed by atoms with E-state index >= 15 is 0 Å². The Morgan fingerprint density at radius 3 is 2.43 bits per heavy atom. The largest absolute Gasteiger partial charge is 0.497 e. The van der Waals surface area contributed by atoms with E-state index in [-0.39, 0.29) is 11.6 Å². The molecule has 0 saturated carbocycles. The Morgan fingerprint density at radius 2 is 1.71 bits per heavy atom. The summed E-state index contributed by atoms with van der Waals surface area (Å²) in [5.41, 5.74) is 1.39. The van der Waals surface area contributed by atoms with Gasteiger partial charge in [-0.25, -0.2) is 9.97 Å². The Hall–Kier alpha value is -3.55. The number of benzene rings is 2. The predicted octanol–water partition coefficient (Wildman–Crippen LogP) is 5.44. The van der Waals surface area contributed by atoms with Crippen LogP contribution < -0.4 is 9.47 Å². The molecule has 4 rings (SSSR count). The number of nitrogens with zero attached hydrogens (tertiary/aromatic N) is 2. The average Bonchev–Trinajstić information content (AvgIpc) is 3.13. The molecule has 0 amide bonds. The fraction of sp³-hybridized carbons (Fsp3) is 0.100. The Balaban J connectivity index is 1.69. The first-order chi connectivity index (χ1) is 13.4. The number of hydrogen-bond donors (Lipinski definition) is 1. The molecule has 5 nitrogen and oxygen atoms in total. The first-order valence-electron chi connectivity index (χ1n) is 8.27. The van der Waals surface area contributed by atoms with Gasteiger partial charge in [-0.1, -0.05) is 6.07 Å². The highest BCUT2D eigenvalue weighted by atomic mass is 19.4. The van der Waals surface area contributed by atoms with E-state index in [0.717, 1.165) is 29.1 Å². The van der Waals surface area contributed by atoms with Crippen LogP contribution in [0, 0.1) is 0 Å². The summed E-state index contributed by atoms with van der Waals surface area (Å²) in [4.78, 5) is 11.4. The van der Waals surface area contributed by atoms with Crippen molar-refractivity contribution < 1.29 is 22.6 Å². The second-order valence-electron chi connectivity index (χ2n) is 5.98. The standard InChI is InChI=1S/C20H14F3N3O2/c1-27-14-7-5-12(6-8-14)17-10-16-18(26-17)24-11-25-19(16)28-15-4-2-3-13(9-15)20(21,22)23/h2-11H,1H3,(H,24,25,26). The molecule has 8 heteroatoms. The van der Waals surface area contributed by atoms with Gasteiger partial charge in [0, 0.05) is 5.69 Å². The molecule has 2 heterocycles. The van der Waals surface area contributed by atoms with Gasteiger partial charge in [-0.2, -0.15) is 13.2 Å². The van der Waals surface area contributed by atoms with Gasteiger partial charge in [-0.05, 0) is 54.1 Å². The first-order valence-corrected chi connectivity index (χ1v) is 8.27. The Bertz CT molecular complexity index is 1120. The lowest BCUT2D eigenvalue weighted by atomic mass is 10.1. The maximum Gasteiger partial charge on any atom is 0.416 e. The summed E-state index contributed by atoms with van der Waals surface area (Å²) in [5.74, 6) is 0.940. The van der Waals surface area contributed by atoms with E-state index in [0.29, 0.717) is 11.0 Å². The molecule has 0 radical (unpaired) electrons. The highest BCUT2D eigenvalue weighted by Gasteiger charge is 2.30. The van der Waals surface area contributed by atoms with Crippen molar-refractivity contribution in [1.82, 2.24) is 15.0 Å². The molecule has 0 fully saturated rings. The number of aromatic amines is 1. The normalized spacial score (nSPS) is 11.6. The monoisotopic (exact) mass is 385 g/mol. The second kappa shape index (κ2) is 6.88. The number of aromatic nitrogens is 3. The van der Waals surface area contributed by atoms with Crippen molar-refractivity contribution in [1.29, 1.82) is 0 Å². The van der Waals surface area contributed by atoms with Gasteiger partial charge in [-0.15, -0.1) is 0 Å². The average molecular weight is 385 g/mol. The molecule has 4 aromatic rings. The maximum absolute atomic E-state index is 12.9. The van der Waals surface area contributed by atoms with Gasteiger partial charge in [0.25, 0.3) is 0 Å². The van der Waals surface area contributed by atoms with E-state index in [9.17, 15) is 13.2 Å². The van der Waals surface area contributed by atoms with Crippen molar-refractivity contribution in [2.45, 2.75) is 6.18 Å². The van der Waals surface area contributed by atoms with Crippen LogP contribution in [0.2, 0.25) is 0 Å². The highest BCUT2D eigenvalue weighted by Crippen LogP contribution is 2.34. The molecule has 0 aliphatic rings. The van der Waals surface area contributed by atoms with Gasteiger partial charge in [0.1, 0.15) is 23.5 Å². The third-order valence-corrected chi connectivity index (χ3v) is 4.17. The van der Waals surface area contributed by atoms with Gasteiger partial charge in [0.2, 0.25) is 5.88 Å². The van der Waals surface area contributed by atoms with Crippen LogP contribution in [0.1, 0.15) is 5.56 Å². The van der Waals surface area contributed by atoms with E-state index in [1.165, 1.54) is 18.5 Å². The molecule has 0 aliphatic carbocycles. The number of hydrogen-bond acceptors (Lipinski definition) is 4. The number of rotatable bonds is 4. The molecule has 0 atom stereocenters. The van der Waals surface area contributed by atoms with E-state index in [4.69, 9.17) is 9.47 Å². The third kappa shape index (κ3) is 3.48. The number of methoxy groups -OCH3 is 1. The van der Waals surface area contributed by atoms with Crippen LogP contribution in [-0.4, -0.2) is 22.1 Å². The van der Waals surface area contributed by atoms with Crippen LogP contribution >= 0.6 is 0 Å². The van der Waals surface area contributed by atoms with Crippen molar-refractivity contribution in [3.8, 4) is 28.6 Å². The quantitative estimate of drug-likeness (QED) is 0.508. The second-order valence-corrected chi connectivity index (χ2v) is 5.98. The zero-order valence-corrected chi connectivity index (χ0v) is 14.6. The van der Waals surface area contributed by atoms with Crippen LogP contribution in [0.4, 0.5) is 13.2 Å². The van der Waals surface area contributed by atoms with Crippen LogP contribution in [0.15, 0.2) is 60.9 Å². The van der Waals surface area contributed by atoms with Crippen molar-refractivity contribution in [2.24, 2.45) is 0 Å². The minimum Gasteiger partial charge on any atom is -0.497 e. The molecule has 0 saturated heterocycles. The lowest BCUT2D eigenvalue weighted by Gasteiger charge is -2.09. The molecule has 0 bridgehead atoms. The number of ether oxygens (including phenoxy) is 2. The zero-order valence-electron chi connectivity index (χ0n) is 14.6. The number of fused-ring (bicyclic) bond motifs is 1. The van der Waals surface area contributed by atoms with E-state index in [2.05, 4.69) is 15.0 Å². The summed E-state index contributed by atoms with van der Waals surface area (Å²) in [6, 6.07) is 13.9. The summed E-state index contributed by atoms with van der Waals surface area (Å²) in [5, 5.41) is 0.561. The smallest absolute Gasteiger partial charge is 0.416 e. The minimum atomic E-state index is -4.45. The van der Waals surface area contributed by atoms with Gasteiger partial charge in [-0.3, -0.25) is 0 Å². The van der Waals surface area contributed by atoms with Crippen molar-refractivity contribution >= 4 is 11.0 Å². The van der Waals surface area contributed by atoms with Gasteiger partial charge in [0.15, 0.2) is 0 Å². The summed E-state index contributed by atoms with van der Waals surface area (Å²) < 4.78 is 49.5. The Morgan fingerprint density at radius 1 is 0.929 bits per heavy atom. The molecule has 2 aromatic heterocycles. The molecule has 142 valence electrons. The minimum absolute atomic E-state index is 0.0435. The van der Waals surface area contributed by atoms with Crippen LogP contribution in [0.5, 0.6) is 17.4 Å². The highest BCUT2D eigenvalue weighted by molar-refractivity contribution is 5.87. The molecular formula is C20H14F3N3O2. The number of halogens is 3. The summed E-state index contributed by atoms with van der Waals surface area (Å²) >= 11 is 0. The fourth-order valence-electron chi connectivity index (χ4n) is 2.77. The van der Waals surface area contributed by atoms with Crippen LogP contribution in [-0.2, 0) is 6.18 Å². The van der Waals surface area contributed by atoms with Gasteiger partial charge in [0.05, 0.1) is 18.1 Å². The summed E-state index contributed by atoms with van der Waals surface area (Å²) in [7, 11) is 1.59. The summed E-state index contributed by atoms with van der Waals surface area (Å²) in [6.07, 6.45) is -3.16. The fourth-order valence-corrected chi connectivity index (χ4v) is 2.77. The lowest BCUT2D eigenvalue weighted by molar-refractivity contribution is -0.137. The zero-order chi connectivity index (χ0) is 19.7. The molecule has 0 spiro atoms. The predicted molar refractivity (Wildman–Crippen MR) is 97.4 cm³/mol. The van der Waals surface area contributed by atoms with Gasteiger partial charge >= 0.3 is 6.18 Å². The molecular weight excluding hydrogens is 371 g/mol. The van der Waals surface area contributed by atoms with Gasteiger partial charge < -0.3 is 14.5 Å². The molecule has 0 aliphatic heterocycles. The third-order valence-electron chi connectivity index (χ3n) is 4.17. The molecule has 2 aromatic carbocycles. The number of H-pyrrole nitrogens is 1. The van der Waals surface area contributed by atoms with Crippen LogP contribution in [0.3, 0.4) is 0 Å². The van der Waals surface area contributed by atoms with E-state index < -0.39 is 11.7 Å². The lowest BCUT2D eigenvalue weighted by Crippen LogP contribution is -2.04. The van der Waals surface area contributed by atoms with E-state index in [1.807, 2.05) is 24.3 Å². The Labute approximate surface area is 157 Å². The van der Waals surface area contributed by atoms with Crippen molar-refractivity contribution in [2.75, 3.05) is 7.11 Å². The topological polar surface area (TPSA) is 60.0 Å². The van der Waals surface area contributed by atoms with E-state index in [1.54, 1.807) is 13.2 Å². The van der Waals surface area contributed by atoms with Crippen molar-refractivity contribution in [3.05, 3.63) is 66.5 Å². The Kier molecular flexibility index (Phi) is 4.38. The maximum atomic E-state index is 12.9. The first kappa shape index (κ1) is 17.8. The summed E-state index contributed by atoms with van der Waals surface area (Å²) in [6.45, 7) is 0. The molecule has 0 unspecified atom stereocenters. The molecule has 28 heavy (non-hydrogen) atoms. The SMILES string of the molecule is COc1ccc(-c2cc3c(Oc4cccc(C(F)(F)F)c4)ncnc3[nH]2)cc1. The molecule has 1 N–H and O–H groups in total.